The van der Waals surface area contributed by atoms with E-state index >= 15 is 0 Å². The number of rotatable bonds is 3. The third-order valence-corrected chi connectivity index (χ3v) is 3.76. The molecule has 3 N–H and O–H groups in total. The van der Waals surface area contributed by atoms with E-state index in [0.717, 1.165) is 5.56 Å². The Morgan fingerprint density at radius 2 is 1.68 bits per heavy atom. The van der Waals surface area contributed by atoms with Crippen LogP contribution in [0.1, 0.15) is 31.0 Å². The van der Waals surface area contributed by atoms with E-state index < -0.39 is 0 Å². The molecule has 2 nitrogen and oxygen atoms in total. The molecule has 3 heteroatoms. The van der Waals surface area contributed by atoms with Crippen molar-refractivity contribution in [3.8, 4) is 0 Å². The summed E-state index contributed by atoms with van der Waals surface area (Å²) in [6.07, 6.45) is 0. The van der Waals surface area contributed by atoms with Crippen molar-refractivity contribution in [1.29, 1.82) is 0 Å². The summed E-state index contributed by atoms with van der Waals surface area (Å²) in [5, 5.41) is 11.9. The van der Waals surface area contributed by atoms with E-state index in [1.807, 2.05) is 26.0 Å². The lowest BCUT2D eigenvalue weighted by Crippen LogP contribution is -2.32. The number of halogens is 1. The first-order valence-electron chi connectivity index (χ1n) is 6.32. The minimum absolute atomic E-state index is 0. The number of aryl methyl sites for hydroxylation is 1. The van der Waals surface area contributed by atoms with Gasteiger partial charge in [-0.2, -0.15) is 0 Å². The molecule has 0 aliphatic heterocycles. The molecule has 104 valence electrons. The van der Waals surface area contributed by atoms with Crippen LogP contribution in [0, 0.1) is 12.3 Å². The summed E-state index contributed by atoms with van der Waals surface area (Å²) in [5.41, 5.74) is 8.38. The maximum absolute atomic E-state index is 9.47. The Kier molecular flexibility index (Phi) is 4.97. The molecule has 0 amide bonds. The van der Waals surface area contributed by atoms with Gasteiger partial charge in [-0.05, 0) is 28.8 Å². The largest absolute Gasteiger partial charge is 0.396 e. The lowest BCUT2D eigenvalue weighted by Gasteiger charge is -2.30. The summed E-state index contributed by atoms with van der Waals surface area (Å²) in [4.78, 5) is 0. The fourth-order valence-corrected chi connectivity index (χ4v) is 2.26. The van der Waals surface area contributed by atoms with Crippen molar-refractivity contribution in [2.75, 3.05) is 6.61 Å². The lowest BCUT2D eigenvalue weighted by molar-refractivity contribution is 0.133. The van der Waals surface area contributed by atoms with Gasteiger partial charge < -0.3 is 10.8 Å². The highest BCUT2D eigenvalue weighted by molar-refractivity contribution is 5.89. The van der Waals surface area contributed by atoms with Gasteiger partial charge in [0, 0.05) is 18.1 Å². The zero-order valence-corrected chi connectivity index (χ0v) is 12.5. The van der Waals surface area contributed by atoms with Gasteiger partial charge in [0.2, 0.25) is 0 Å². The number of hydrogen-bond acceptors (Lipinski definition) is 2. The Morgan fingerprint density at radius 1 is 1.11 bits per heavy atom. The van der Waals surface area contributed by atoms with E-state index in [-0.39, 0.29) is 30.5 Å². The number of hydrogen-bond donors (Lipinski definition) is 2. The van der Waals surface area contributed by atoms with E-state index in [2.05, 4.69) is 31.2 Å². The van der Waals surface area contributed by atoms with Gasteiger partial charge in [0.25, 0.3) is 0 Å². The third-order valence-electron chi connectivity index (χ3n) is 3.76. The van der Waals surface area contributed by atoms with Crippen molar-refractivity contribution in [3.63, 3.8) is 0 Å². The van der Waals surface area contributed by atoms with Crippen LogP contribution in [0.15, 0.2) is 36.4 Å². The van der Waals surface area contributed by atoms with E-state index in [0.29, 0.717) is 0 Å². The minimum atomic E-state index is -0.321. The molecule has 0 saturated heterocycles. The van der Waals surface area contributed by atoms with Gasteiger partial charge in [-0.15, -0.1) is 12.4 Å². The van der Waals surface area contributed by atoms with Crippen molar-refractivity contribution >= 4 is 23.2 Å². The van der Waals surface area contributed by atoms with Crippen LogP contribution < -0.4 is 5.73 Å². The number of fused-ring (bicyclic) bond motifs is 1. The Labute approximate surface area is 121 Å². The number of aliphatic hydroxyl groups is 1. The molecule has 0 unspecified atom stereocenters. The fourth-order valence-electron chi connectivity index (χ4n) is 2.26. The molecule has 0 spiro atoms. The van der Waals surface area contributed by atoms with Gasteiger partial charge in [-0.25, -0.2) is 0 Å². The van der Waals surface area contributed by atoms with Crippen molar-refractivity contribution in [2.24, 2.45) is 11.1 Å². The monoisotopic (exact) mass is 279 g/mol. The maximum atomic E-state index is 9.47. The maximum Gasteiger partial charge on any atom is 0.0500 e. The highest BCUT2D eigenvalue weighted by Gasteiger charge is 2.28. The lowest BCUT2D eigenvalue weighted by atomic mass is 9.80. The van der Waals surface area contributed by atoms with Gasteiger partial charge in [-0.1, -0.05) is 50.2 Å². The fraction of sp³-hybridized carbons (Fsp3) is 0.375. The molecule has 0 bridgehead atoms. The Balaban J connectivity index is 0.00000180. The molecular formula is C16H22ClNO. The number of nitrogens with two attached hydrogens (primary N) is 1. The molecule has 0 aromatic heterocycles. The van der Waals surface area contributed by atoms with Crippen molar-refractivity contribution in [1.82, 2.24) is 0 Å². The summed E-state index contributed by atoms with van der Waals surface area (Å²) in [6, 6.07) is 12.3. The van der Waals surface area contributed by atoms with Gasteiger partial charge >= 0.3 is 0 Å². The Hall–Kier alpha value is -1.09. The quantitative estimate of drug-likeness (QED) is 0.902. The van der Waals surface area contributed by atoms with E-state index in [1.54, 1.807) is 0 Å². The highest BCUT2D eigenvalue weighted by Crippen LogP contribution is 2.35. The van der Waals surface area contributed by atoms with Crippen LogP contribution in [0.3, 0.4) is 0 Å². The molecular weight excluding hydrogens is 258 g/mol. The average molecular weight is 280 g/mol. The van der Waals surface area contributed by atoms with Crippen LogP contribution in [0.4, 0.5) is 0 Å². The molecule has 0 aliphatic rings. The van der Waals surface area contributed by atoms with Gasteiger partial charge in [0.1, 0.15) is 0 Å². The average Bonchev–Trinajstić information content (AvgIpc) is 2.39. The van der Waals surface area contributed by atoms with Crippen LogP contribution in [-0.2, 0) is 0 Å². The summed E-state index contributed by atoms with van der Waals surface area (Å²) >= 11 is 0. The van der Waals surface area contributed by atoms with Gasteiger partial charge in [-0.3, -0.25) is 0 Å². The summed E-state index contributed by atoms with van der Waals surface area (Å²) in [7, 11) is 0. The second-order valence-electron chi connectivity index (χ2n) is 5.64. The molecule has 19 heavy (non-hydrogen) atoms. The topological polar surface area (TPSA) is 46.2 Å². The molecule has 0 aliphatic carbocycles. The molecule has 2 aromatic carbocycles. The third kappa shape index (κ3) is 2.92. The van der Waals surface area contributed by atoms with E-state index in [9.17, 15) is 5.11 Å². The molecule has 2 aromatic rings. The molecule has 1 atom stereocenters. The van der Waals surface area contributed by atoms with Gasteiger partial charge in [0.05, 0.1) is 0 Å². The van der Waals surface area contributed by atoms with Crippen molar-refractivity contribution < 1.29 is 5.11 Å². The van der Waals surface area contributed by atoms with Crippen LogP contribution >= 0.6 is 12.4 Å². The second-order valence-corrected chi connectivity index (χ2v) is 5.64. The van der Waals surface area contributed by atoms with Crippen molar-refractivity contribution in [3.05, 3.63) is 47.5 Å². The van der Waals surface area contributed by atoms with Crippen LogP contribution in [0.25, 0.3) is 10.8 Å². The van der Waals surface area contributed by atoms with E-state index in [4.69, 9.17) is 5.73 Å². The summed E-state index contributed by atoms with van der Waals surface area (Å²) < 4.78 is 0. The first kappa shape index (κ1) is 16.0. The minimum Gasteiger partial charge on any atom is -0.396 e. The van der Waals surface area contributed by atoms with Crippen LogP contribution in [-0.4, -0.2) is 11.7 Å². The molecule has 0 heterocycles. The zero-order valence-electron chi connectivity index (χ0n) is 11.7. The van der Waals surface area contributed by atoms with Crippen molar-refractivity contribution in [2.45, 2.75) is 26.8 Å². The predicted molar refractivity (Wildman–Crippen MR) is 83.7 cm³/mol. The predicted octanol–water partition coefficient (Wildman–Crippen LogP) is 3.59. The smallest absolute Gasteiger partial charge is 0.0500 e. The van der Waals surface area contributed by atoms with Gasteiger partial charge in [0.15, 0.2) is 0 Å². The zero-order chi connectivity index (χ0) is 13.3. The first-order chi connectivity index (χ1) is 8.47. The Bertz CT molecular complexity index is 566. The normalized spacial score (nSPS) is 13.1. The summed E-state index contributed by atoms with van der Waals surface area (Å²) in [5.74, 6) is 0. The first-order valence-corrected chi connectivity index (χ1v) is 6.32. The number of benzene rings is 2. The molecule has 0 radical (unpaired) electrons. The van der Waals surface area contributed by atoms with E-state index in [1.165, 1.54) is 16.3 Å². The Morgan fingerprint density at radius 3 is 2.26 bits per heavy atom. The number of aliphatic hydroxyl groups excluding tert-OH is 1. The standard InChI is InChI=1S/C16H21NO.ClH/c1-11-8-9-14(15(17)16(2,3)10-18)13-7-5-4-6-12(11)13;/h4-9,15,18H,10,17H2,1-3H3;1H/t15-;/m0./s1. The highest BCUT2D eigenvalue weighted by atomic mass is 35.5. The van der Waals surface area contributed by atoms with Crippen LogP contribution in [0.5, 0.6) is 0 Å². The SMILES string of the molecule is Cc1ccc([C@H](N)C(C)(C)CO)c2ccccc12.Cl. The second kappa shape index (κ2) is 5.91. The summed E-state index contributed by atoms with van der Waals surface area (Å²) in [6.45, 7) is 6.17. The molecule has 0 saturated carbocycles. The molecule has 2 rings (SSSR count). The molecule has 0 fully saturated rings. The van der Waals surface area contributed by atoms with Crippen LogP contribution in [0.2, 0.25) is 0 Å².